The van der Waals surface area contributed by atoms with Crippen LogP contribution >= 0.6 is 0 Å². The molecule has 0 aliphatic rings. The van der Waals surface area contributed by atoms with Crippen molar-refractivity contribution in [2.75, 3.05) is 0 Å². The van der Waals surface area contributed by atoms with E-state index in [-0.39, 0.29) is 40.2 Å². The summed E-state index contributed by atoms with van der Waals surface area (Å²) in [6, 6.07) is 10.3. The van der Waals surface area contributed by atoms with Crippen LogP contribution in [0.2, 0.25) is 0 Å². The van der Waals surface area contributed by atoms with Gasteiger partial charge in [0.1, 0.15) is 11.5 Å². The predicted molar refractivity (Wildman–Crippen MR) is 113 cm³/mol. The van der Waals surface area contributed by atoms with E-state index in [0.717, 1.165) is 24.8 Å². The summed E-state index contributed by atoms with van der Waals surface area (Å²) in [5, 5.41) is 11.8. The molecule has 0 heterocycles. The molecule has 0 atom stereocenters. The molecule has 0 bridgehead atoms. The molecule has 0 aliphatic carbocycles. The van der Waals surface area contributed by atoms with E-state index < -0.39 is 10.1 Å². The van der Waals surface area contributed by atoms with Crippen molar-refractivity contribution in [2.24, 2.45) is 0 Å². The molecule has 0 aromatic heterocycles. The number of unbranched alkanes of at least 4 members (excludes halogenated alkanes) is 8. The molecule has 1 N–H and O–H groups in total. The van der Waals surface area contributed by atoms with Gasteiger partial charge in [0.15, 0.2) is 0 Å². The zero-order valence-electron chi connectivity index (χ0n) is 18.1. The third-order valence-electron chi connectivity index (χ3n) is 4.91. The maximum absolute atomic E-state index is 11.8. The van der Waals surface area contributed by atoms with Crippen LogP contribution in [-0.2, 0) is 16.5 Å². The first-order valence-corrected chi connectivity index (χ1v) is 11.9. The Hall–Kier alpha value is -1.05. The van der Waals surface area contributed by atoms with Crippen molar-refractivity contribution in [1.29, 1.82) is 0 Å². The third-order valence-corrected chi connectivity index (χ3v) is 5.76. The summed E-state index contributed by atoms with van der Waals surface area (Å²) in [6.45, 7) is 2.22. The minimum absolute atomic E-state index is 0. The van der Waals surface area contributed by atoms with Crippen molar-refractivity contribution in [1.82, 2.24) is 0 Å². The first-order valence-electron chi connectivity index (χ1n) is 10.5. The summed E-state index contributed by atoms with van der Waals surface area (Å²) in [6.07, 6.45) is 11.8. The summed E-state index contributed by atoms with van der Waals surface area (Å²) in [7, 11) is -4.30. The van der Waals surface area contributed by atoms with Gasteiger partial charge < -0.3 is 9.84 Å². The Bertz CT molecular complexity index is 868. The van der Waals surface area contributed by atoms with E-state index >= 15 is 0 Å². The number of benzene rings is 2. The van der Waals surface area contributed by atoms with Gasteiger partial charge in [-0.25, -0.2) is 0 Å². The fourth-order valence-electron chi connectivity index (χ4n) is 3.30. The van der Waals surface area contributed by atoms with Crippen LogP contribution in [0.25, 0.3) is 0 Å². The standard InChI is InChI=1S/C23H32O5S.Na/c1-2-3-4-5-6-7-8-9-10-12-19-17-20(24)15-16-23(19)28-21-13-11-14-22(18-21)29(25,26)27;/h11,13-18,24H,2-10,12H2,1H3,(H,25,26,27);/q;+1/p-1. The van der Waals surface area contributed by atoms with Crippen LogP contribution in [0.1, 0.15) is 70.3 Å². The Labute approximate surface area is 202 Å². The number of hydrogen-bond acceptors (Lipinski definition) is 4. The Balaban J connectivity index is 0.00000450. The second-order valence-electron chi connectivity index (χ2n) is 7.40. The van der Waals surface area contributed by atoms with E-state index in [1.54, 1.807) is 18.2 Å². The molecule has 0 saturated carbocycles. The quantitative estimate of drug-likeness (QED) is 0.293. The molecule has 0 amide bonds. The van der Waals surface area contributed by atoms with Crippen molar-refractivity contribution in [3.8, 4) is 17.2 Å². The summed E-state index contributed by atoms with van der Waals surface area (Å²) in [5.41, 5.74) is 0.817. The molecule has 30 heavy (non-hydrogen) atoms. The van der Waals surface area contributed by atoms with Crippen molar-refractivity contribution in [2.45, 2.75) is 76.0 Å². The fraction of sp³-hybridized carbons (Fsp3) is 0.478. The van der Waals surface area contributed by atoms with Gasteiger partial charge in [-0.3, -0.25) is 4.55 Å². The molecule has 0 radical (unpaired) electrons. The van der Waals surface area contributed by atoms with E-state index in [4.69, 9.17) is 4.74 Å². The topological polar surface area (TPSA) is 86.7 Å². The van der Waals surface area contributed by atoms with Crippen LogP contribution in [0.5, 0.6) is 17.2 Å². The van der Waals surface area contributed by atoms with E-state index in [0.29, 0.717) is 11.5 Å². The molecule has 0 aliphatic heterocycles. The Morgan fingerprint density at radius 1 is 0.900 bits per heavy atom. The van der Waals surface area contributed by atoms with Gasteiger partial charge >= 0.3 is 29.6 Å². The van der Waals surface area contributed by atoms with Gasteiger partial charge in [-0.2, -0.15) is 8.42 Å². The molecule has 2 aromatic rings. The Kier molecular flexibility index (Phi) is 12.7. The van der Waals surface area contributed by atoms with Gasteiger partial charge in [-0.15, -0.1) is 5.75 Å². The predicted octanol–water partition coefficient (Wildman–Crippen LogP) is 2.88. The van der Waals surface area contributed by atoms with Crippen molar-refractivity contribution >= 4 is 10.1 Å². The largest absolute Gasteiger partial charge is 1.00 e. The Morgan fingerprint density at radius 3 is 2.17 bits per heavy atom. The number of aryl methyl sites for hydroxylation is 1. The smallest absolute Gasteiger partial charge is 0.872 e. The first-order chi connectivity index (χ1) is 13.9. The molecule has 160 valence electrons. The number of hydrogen-bond donors (Lipinski definition) is 1. The maximum Gasteiger partial charge on any atom is 1.00 e. The van der Waals surface area contributed by atoms with Crippen molar-refractivity contribution in [3.63, 3.8) is 0 Å². The van der Waals surface area contributed by atoms with Gasteiger partial charge in [0.25, 0.3) is 10.1 Å². The van der Waals surface area contributed by atoms with Crippen LogP contribution in [-0.4, -0.2) is 13.0 Å². The third kappa shape index (κ3) is 9.84. The van der Waals surface area contributed by atoms with Crippen LogP contribution in [0.3, 0.4) is 0 Å². The van der Waals surface area contributed by atoms with Crippen LogP contribution in [0, 0.1) is 0 Å². The number of rotatable bonds is 13. The minimum Gasteiger partial charge on any atom is -0.872 e. The molecule has 2 rings (SSSR count). The van der Waals surface area contributed by atoms with E-state index in [2.05, 4.69) is 6.92 Å². The monoisotopic (exact) mass is 442 g/mol. The zero-order valence-corrected chi connectivity index (χ0v) is 20.9. The molecule has 5 nitrogen and oxygen atoms in total. The van der Waals surface area contributed by atoms with Crippen molar-refractivity contribution in [3.05, 3.63) is 48.0 Å². The van der Waals surface area contributed by atoms with E-state index in [1.165, 1.54) is 69.2 Å². The van der Waals surface area contributed by atoms with Gasteiger partial charge in [-0.1, -0.05) is 76.5 Å². The summed E-state index contributed by atoms with van der Waals surface area (Å²) in [5.74, 6) is 0.763. The normalized spacial score (nSPS) is 11.1. The number of ether oxygens (including phenoxy) is 1. The van der Waals surface area contributed by atoms with Gasteiger partial charge in [-0.05, 0) is 36.6 Å². The van der Waals surface area contributed by atoms with Gasteiger partial charge in [0, 0.05) is 6.07 Å². The first kappa shape index (κ1) is 27.0. The van der Waals surface area contributed by atoms with Gasteiger partial charge in [0.05, 0.1) is 4.90 Å². The Morgan fingerprint density at radius 2 is 1.53 bits per heavy atom. The summed E-state index contributed by atoms with van der Waals surface area (Å²) >= 11 is 0. The van der Waals surface area contributed by atoms with Crippen molar-refractivity contribution < 1.29 is 52.4 Å². The van der Waals surface area contributed by atoms with Crippen LogP contribution in [0.4, 0.5) is 0 Å². The van der Waals surface area contributed by atoms with E-state index in [1.807, 2.05) is 0 Å². The SMILES string of the molecule is CCCCCCCCCCCc1cc([O-])ccc1Oc1cccc(S(=O)(=O)O)c1.[Na+]. The van der Waals surface area contributed by atoms with Crippen LogP contribution in [0.15, 0.2) is 47.4 Å². The molecular formula is C23H31NaO5S. The summed E-state index contributed by atoms with van der Waals surface area (Å²) in [4.78, 5) is -0.226. The van der Waals surface area contributed by atoms with Gasteiger partial charge in [0.2, 0.25) is 0 Å². The molecule has 0 saturated heterocycles. The molecule has 0 spiro atoms. The minimum atomic E-state index is -4.30. The molecule has 0 unspecified atom stereocenters. The molecule has 2 aromatic carbocycles. The molecular weight excluding hydrogens is 411 g/mol. The molecule has 0 fully saturated rings. The van der Waals surface area contributed by atoms with E-state index in [9.17, 15) is 18.1 Å². The average molecular weight is 443 g/mol. The summed E-state index contributed by atoms with van der Waals surface area (Å²) < 4.78 is 37.6. The second-order valence-corrected chi connectivity index (χ2v) is 8.82. The zero-order chi connectivity index (χ0) is 21.1. The molecule has 7 heteroatoms. The fourth-order valence-corrected chi connectivity index (χ4v) is 3.82. The van der Waals surface area contributed by atoms with Crippen LogP contribution < -0.4 is 39.4 Å². The second kappa shape index (κ2) is 14.1. The average Bonchev–Trinajstić information content (AvgIpc) is 2.68. The maximum atomic E-state index is 11.8.